The summed E-state index contributed by atoms with van der Waals surface area (Å²) in [5, 5.41) is 2.59. The van der Waals surface area contributed by atoms with Crippen LogP contribution >= 0.6 is 15.9 Å². The minimum Gasteiger partial charge on any atom is -0.308 e. The highest BCUT2D eigenvalue weighted by Crippen LogP contribution is 2.34. The topological polar surface area (TPSA) is 4.93 Å². The third-order valence-electron chi connectivity index (χ3n) is 3.92. The molecule has 1 heterocycles. The van der Waals surface area contributed by atoms with Crippen molar-refractivity contribution in [2.45, 2.75) is 6.92 Å². The van der Waals surface area contributed by atoms with Crippen LogP contribution in [0.3, 0.4) is 0 Å². The van der Waals surface area contributed by atoms with E-state index in [0.717, 1.165) is 4.47 Å². The van der Waals surface area contributed by atoms with Gasteiger partial charge in [-0.3, -0.25) is 0 Å². The van der Waals surface area contributed by atoms with Crippen molar-refractivity contribution in [2.75, 3.05) is 0 Å². The van der Waals surface area contributed by atoms with Crippen molar-refractivity contribution in [1.82, 2.24) is 4.57 Å². The van der Waals surface area contributed by atoms with E-state index in [1.807, 2.05) is 6.07 Å². The maximum absolute atomic E-state index is 3.69. The van der Waals surface area contributed by atoms with Crippen LogP contribution in [-0.2, 0) is 0 Å². The van der Waals surface area contributed by atoms with Gasteiger partial charge < -0.3 is 4.57 Å². The number of hydrogen-bond acceptors (Lipinski definition) is 0. The number of rotatable bonds is 1. The zero-order valence-electron chi connectivity index (χ0n) is 11.7. The number of fused-ring (bicyclic) bond motifs is 3. The summed E-state index contributed by atoms with van der Waals surface area (Å²) in [4.78, 5) is 0. The Morgan fingerprint density at radius 1 is 0.762 bits per heavy atom. The Balaban J connectivity index is 2.24. The summed E-state index contributed by atoms with van der Waals surface area (Å²) in [6.07, 6.45) is 0. The Hall–Kier alpha value is -2.06. The number of nitrogens with zero attached hydrogens (tertiary/aromatic N) is 1. The number of para-hydroxylation sites is 2. The van der Waals surface area contributed by atoms with Crippen molar-refractivity contribution in [3.05, 3.63) is 76.8 Å². The van der Waals surface area contributed by atoms with Gasteiger partial charge in [0.05, 0.1) is 16.7 Å². The summed E-state index contributed by atoms with van der Waals surface area (Å²) in [6.45, 7) is 2.14. The third-order valence-corrected chi connectivity index (χ3v) is 4.59. The number of aromatic nitrogens is 1. The molecule has 0 saturated heterocycles. The van der Waals surface area contributed by atoms with Crippen LogP contribution < -0.4 is 0 Å². The lowest BCUT2D eigenvalue weighted by atomic mass is 10.1. The second kappa shape index (κ2) is 4.74. The van der Waals surface area contributed by atoms with Crippen molar-refractivity contribution in [3.63, 3.8) is 0 Å². The van der Waals surface area contributed by atoms with Crippen LogP contribution in [0.25, 0.3) is 27.5 Å². The van der Waals surface area contributed by atoms with Crippen LogP contribution in [0.4, 0.5) is 0 Å². The van der Waals surface area contributed by atoms with Crippen LogP contribution in [0, 0.1) is 6.92 Å². The molecule has 0 saturated carbocycles. The molecule has 4 rings (SSSR count). The number of hydrogen-bond donors (Lipinski definition) is 0. The predicted molar refractivity (Wildman–Crippen MR) is 93.2 cm³/mol. The van der Waals surface area contributed by atoms with Crippen molar-refractivity contribution < 1.29 is 0 Å². The Morgan fingerprint density at radius 3 is 2.33 bits per heavy atom. The normalized spacial score (nSPS) is 11.3. The van der Waals surface area contributed by atoms with Gasteiger partial charge in [0.2, 0.25) is 0 Å². The van der Waals surface area contributed by atoms with Crippen molar-refractivity contribution in [1.29, 1.82) is 0 Å². The first-order valence-corrected chi connectivity index (χ1v) is 7.80. The van der Waals surface area contributed by atoms with E-state index in [0.29, 0.717) is 0 Å². The highest BCUT2D eigenvalue weighted by atomic mass is 79.9. The Morgan fingerprint density at radius 2 is 1.48 bits per heavy atom. The largest absolute Gasteiger partial charge is 0.308 e. The van der Waals surface area contributed by atoms with E-state index in [1.54, 1.807) is 0 Å². The van der Waals surface area contributed by atoms with Gasteiger partial charge in [-0.1, -0.05) is 42.5 Å². The summed E-state index contributed by atoms with van der Waals surface area (Å²) >= 11 is 3.69. The number of halogens is 1. The highest BCUT2D eigenvalue weighted by molar-refractivity contribution is 9.10. The quantitative estimate of drug-likeness (QED) is 0.411. The predicted octanol–water partition coefficient (Wildman–Crippen LogP) is 5.85. The van der Waals surface area contributed by atoms with Gasteiger partial charge in [-0.15, -0.1) is 0 Å². The molecule has 0 amide bonds. The minimum atomic E-state index is 1.11. The minimum absolute atomic E-state index is 1.11. The average molecular weight is 336 g/mol. The molecule has 0 spiro atoms. The van der Waals surface area contributed by atoms with Gasteiger partial charge in [0.1, 0.15) is 0 Å². The maximum atomic E-state index is 3.69. The van der Waals surface area contributed by atoms with Crippen molar-refractivity contribution in [3.8, 4) is 5.69 Å². The monoisotopic (exact) mass is 335 g/mol. The lowest BCUT2D eigenvalue weighted by Crippen LogP contribution is -1.94. The Kier molecular flexibility index (Phi) is 2.86. The molecule has 0 bridgehead atoms. The Bertz CT molecular complexity index is 966. The molecule has 2 heteroatoms. The highest BCUT2D eigenvalue weighted by Gasteiger charge is 2.13. The summed E-state index contributed by atoms with van der Waals surface area (Å²) in [5.41, 5.74) is 4.95. The van der Waals surface area contributed by atoms with Crippen LogP contribution in [-0.4, -0.2) is 4.57 Å². The fourth-order valence-corrected chi connectivity index (χ4v) is 3.44. The molecule has 1 aromatic heterocycles. The first-order chi connectivity index (χ1) is 10.3. The van der Waals surface area contributed by atoms with Gasteiger partial charge in [-0.05, 0) is 52.7 Å². The van der Waals surface area contributed by atoms with E-state index in [9.17, 15) is 0 Å². The van der Waals surface area contributed by atoms with Crippen LogP contribution in [0.2, 0.25) is 0 Å². The van der Waals surface area contributed by atoms with Gasteiger partial charge >= 0.3 is 0 Å². The summed E-state index contributed by atoms with van der Waals surface area (Å²) in [6, 6.07) is 23.6. The average Bonchev–Trinajstić information content (AvgIpc) is 2.81. The molecule has 102 valence electrons. The van der Waals surface area contributed by atoms with E-state index >= 15 is 0 Å². The van der Waals surface area contributed by atoms with Gasteiger partial charge in [0.25, 0.3) is 0 Å². The zero-order valence-corrected chi connectivity index (χ0v) is 13.3. The SMILES string of the molecule is Cc1ccc2c3ccccc3n(-c3ccccc3Br)c2c1. The Labute approximate surface area is 132 Å². The summed E-state index contributed by atoms with van der Waals surface area (Å²) in [5.74, 6) is 0. The van der Waals surface area contributed by atoms with Gasteiger partial charge in [0, 0.05) is 15.2 Å². The fourth-order valence-electron chi connectivity index (χ4n) is 2.97. The van der Waals surface area contributed by atoms with E-state index in [1.165, 1.54) is 33.1 Å². The zero-order chi connectivity index (χ0) is 14.4. The molecule has 0 atom stereocenters. The molecule has 0 aliphatic heterocycles. The fraction of sp³-hybridized carbons (Fsp3) is 0.0526. The molecule has 0 unspecified atom stereocenters. The molecule has 0 N–H and O–H groups in total. The van der Waals surface area contributed by atoms with E-state index < -0.39 is 0 Å². The molecule has 1 nitrogen and oxygen atoms in total. The van der Waals surface area contributed by atoms with E-state index in [4.69, 9.17) is 0 Å². The first-order valence-electron chi connectivity index (χ1n) is 7.00. The first kappa shape index (κ1) is 12.7. The van der Waals surface area contributed by atoms with Gasteiger partial charge in [0.15, 0.2) is 0 Å². The molecule has 0 aliphatic rings. The number of aryl methyl sites for hydroxylation is 1. The molecule has 4 aromatic rings. The van der Waals surface area contributed by atoms with Crippen LogP contribution in [0.1, 0.15) is 5.56 Å². The smallest absolute Gasteiger partial charge is 0.0604 e. The molecule has 0 aliphatic carbocycles. The molecule has 0 radical (unpaired) electrons. The molecular formula is C19H14BrN. The second-order valence-corrected chi connectivity index (χ2v) is 6.18. The second-order valence-electron chi connectivity index (χ2n) is 5.32. The lowest BCUT2D eigenvalue weighted by Gasteiger charge is -2.10. The van der Waals surface area contributed by atoms with Gasteiger partial charge in [-0.2, -0.15) is 0 Å². The number of benzene rings is 3. The van der Waals surface area contributed by atoms with Gasteiger partial charge in [-0.25, -0.2) is 0 Å². The maximum Gasteiger partial charge on any atom is 0.0604 e. The van der Waals surface area contributed by atoms with Crippen LogP contribution in [0.15, 0.2) is 71.2 Å². The summed E-state index contributed by atoms with van der Waals surface area (Å²) in [7, 11) is 0. The van der Waals surface area contributed by atoms with Crippen molar-refractivity contribution in [2.24, 2.45) is 0 Å². The standard InChI is InChI=1S/C19H14BrN/c1-13-10-11-15-14-6-2-4-8-17(14)21(19(15)12-13)18-9-5-3-7-16(18)20/h2-12H,1H3. The van der Waals surface area contributed by atoms with E-state index in [2.05, 4.69) is 88.1 Å². The molecular weight excluding hydrogens is 322 g/mol. The van der Waals surface area contributed by atoms with Crippen LogP contribution in [0.5, 0.6) is 0 Å². The molecule has 3 aromatic carbocycles. The van der Waals surface area contributed by atoms with E-state index in [-0.39, 0.29) is 0 Å². The summed E-state index contributed by atoms with van der Waals surface area (Å²) < 4.78 is 3.44. The van der Waals surface area contributed by atoms with Crippen molar-refractivity contribution >= 4 is 37.7 Å². The molecule has 21 heavy (non-hydrogen) atoms. The lowest BCUT2D eigenvalue weighted by molar-refractivity contribution is 1.17. The molecule has 0 fully saturated rings. The third kappa shape index (κ3) is 1.90.